The molecule has 2 N–H and O–H groups in total. The molecule has 0 aromatic heterocycles. The van der Waals surface area contributed by atoms with E-state index in [2.05, 4.69) is 9.84 Å². The van der Waals surface area contributed by atoms with Crippen molar-refractivity contribution >= 4 is 11.5 Å². The van der Waals surface area contributed by atoms with Gasteiger partial charge < -0.3 is 5.73 Å². The predicted octanol–water partition coefficient (Wildman–Crippen LogP) is 3.19. The minimum Gasteiger partial charge on any atom is -0.383 e. The summed E-state index contributed by atoms with van der Waals surface area (Å²) in [4.78, 5) is 7.40. The zero-order chi connectivity index (χ0) is 14.1. The van der Waals surface area contributed by atoms with Gasteiger partial charge >= 0.3 is 0 Å². The number of benzene rings is 2. The quantitative estimate of drug-likeness (QED) is 0.832. The molecule has 0 radical (unpaired) electrons. The summed E-state index contributed by atoms with van der Waals surface area (Å²) in [7, 11) is 0. The van der Waals surface area contributed by atoms with E-state index < -0.39 is 0 Å². The van der Waals surface area contributed by atoms with Crippen LogP contribution >= 0.6 is 0 Å². The van der Waals surface area contributed by atoms with E-state index in [0.717, 1.165) is 16.7 Å². The van der Waals surface area contributed by atoms with Crippen LogP contribution < -0.4 is 5.73 Å². The van der Waals surface area contributed by atoms with Gasteiger partial charge in [0.25, 0.3) is 0 Å². The SMILES string of the molecule is [C-]#[N+]c1ccc(Cc2ccc3c(c2)CN=C3N)c(F)c1. The van der Waals surface area contributed by atoms with E-state index in [-0.39, 0.29) is 5.82 Å². The number of nitrogens with zero attached hydrogens (tertiary/aromatic N) is 2. The summed E-state index contributed by atoms with van der Waals surface area (Å²) in [5, 5.41) is 0. The van der Waals surface area contributed by atoms with Gasteiger partial charge in [-0.25, -0.2) is 9.24 Å². The highest BCUT2D eigenvalue weighted by Crippen LogP contribution is 2.23. The molecule has 2 aromatic carbocycles. The van der Waals surface area contributed by atoms with Crippen molar-refractivity contribution in [3.63, 3.8) is 0 Å². The molecule has 0 aliphatic carbocycles. The molecule has 0 saturated carbocycles. The zero-order valence-electron chi connectivity index (χ0n) is 10.7. The van der Waals surface area contributed by atoms with Crippen molar-refractivity contribution in [2.75, 3.05) is 0 Å². The molecule has 0 unspecified atom stereocenters. The summed E-state index contributed by atoms with van der Waals surface area (Å²) >= 11 is 0. The first kappa shape index (κ1) is 12.4. The Kier molecular flexibility index (Phi) is 2.96. The number of halogens is 1. The van der Waals surface area contributed by atoms with Crippen LogP contribution in [0.5, 0.6) is 0 Å². The summed E-state index contributed by atoms with van der Waals surface area (Å²) in [5.74, 6) is 0.230. The molecule has 20 heavy (non-hydrogen) atoms. The second-order valence-corrected chi connectivity index (χ2v) is 4.76. The van der Waals surface area contributed by atoms with Gasteiger partial charge in [-0.05, 0) is 22.8 Å². The minimum atomic E-state index is -0.338. The Morgan fingerprint density at radius 1 is 1.25 bits per heavy atom. The van der Waals surface area contributed by atoms with E-state index in [1.165, 1.54) is 6.07 Å². The Morgan fingerprint density at radius 3 is 2.85 bits per heavy atom. The van der Waals surface area contributed by atoms with Crippen molar-refractivity contribution < 1.29 is 4.39 Å². The molecular weight excluding hydrogens is 253 g/mol. The van der Waals surface area contributed by atoms with E-state index in [1.54, 1.807) is 12.1 Å². The van der Waals surface area contributed by atoms with Crippen molar-refractivity contribution in [2.24, 2.45) is 10.7 Å². The van der Waals surface area contributed by atoms with Gasteiger partial charge in [0.15, 0.2) is 5.69 Å². The fourth-order valence-corrected chi connectivity index (χ4v) is 2.36. The molecule has 98 valence electrons. The first-order valence-corrected chi connectivity index (χ1v) is 6.25. The molecule has 0 saturated heterocycles. The molecule has 1 aliphatic heterocycles. The van der Waals surface area contributed by atoms with Gasteiger partial charge in [-0.15, -0.1) is 0 Å². The summed E-state index contributed by atoms with van der Waals surface area (Å²) in [6.45, 7) is 7.46. The molecular formula is C16H12FN3. The molecule has 0 atom stereocenters. The van der Waals surface area contributed by atoms with Crippen molar-refractivity contribution in [2.45, 2.75) is 13.0 Å². The number of amidine groups is 1. The van der Waals surface area contributed by atoms with Gasteiger partial charge in [0.05, 0.1) is 13.1 Å². The lowest BCUT2D eigenvalue weighted by Crippen LogP contribution is -2.10. The standard InChI is InChI=1S/C16H12FN3/c1-19-13-4-3-11(15(17)8-13)6-10-2-5-14-12(7-10)9-20-16(14)18/h2-5,7-8H,6,9H2,(H2,18,20). The number of aliphatic imine (C=N–C) groups is 1. The third kappa shape index (κ3) is 2.14. The molecule has 3 nitrogen and oxygen atoms in total. The first-order valence-electron chi connectivity index (χ1n) is 6.25. The normalized spacial score (nSPS) is 12.7. The Bertz CT molecular complexity index is 757. The largest absolute Gasteiger partial charge is 0.383 e. The lowest BCUT2D eigenvalue weighted by Gasteiger charge is -2.07. The fourth-order valence-electron chi connectivity index (χ4n) is 2.36. The molecule has 3 rings (SSSR count). The Morgan fingerprint density at radius 2 is 2.10 bits per heavy atom. The van der Waals surface area contributed by atoms with E-state index in [0.29, 0.717) is 30.1 Å². The van der Waals surface area contributed by atoms with Crippen LogP contribution in [0, 0.1) is 12.4 Å². The third-order valence-electron chi connectivity index (χ3n) is 3.43. The van der Waals surface area contributed by atoms with E-state index >= 15 is 0 Å². The Labute approximate surface area is 116 Å². The smallest absolute Gasteiger partial charge is 0.190 e. The van der Waals surface area contributed by atoms with E-state index in [9.17, 15) is 4.39 Å². The van der Waals surface area contributed by atoms with Crippen LogP contribution in [0.15, 0.2) is 41.4 Å². The van der Waals surface area contributed by atoms with Gasteiger partial charge in [0, 0.05) is 12.0 Å². The lowest BCUT2D eigenvalue weighted by atomic mass is 9.99. The van der Waals surface area contributed by atoms with Crippen molar-refractivity contribution in [3.05, 3.63) is 75.9 Å². The molecule has 4 heteroatoms. The highest BCUT2D eigenvalue weighted by atomic mass is 19.1. The summed E-state index contributed by atoms with van der Waals surface area (Å²) in [6, 6.07) is 10.5. The second kappa shape index (κ2) is 4.78. The molecule has 1 aliphatic rings. The fraction of sp³-hybridized carbons (Fsp3) is 0.125. The topological polar surface area (TPSA) is 42.7 Å². The van der Waals surface area contributed by atoms with Crippen LogP contribution in [0.3, 0.4) is 0 Å². The van der Waals surface area contributed by atoms with Crippen molar-refractivity contribution in [3.8, 4) is 0 Å². The summed E-state index contributed by atoms with van der Waals surface area (Å²) < 4.78 is 13.9. The van der Waals surface area contributed by atoms with Gasteiger partial charge in [-0.3, -0.25) is 4.99 Å². The van der Waals surface area contributed by atoms with Crippen LogP contribution in [0.25, 0.3) is 4.85 Å². The molecule has 0 spiro atoms. The van der Waals surface area contributed by atoms with Crippen LogP contribution in [-0.2, 0) is 13.0 Å². The molecule has 2 aromatic rings. The van der Waals surface area contributed by atoms with Crippen LogP contribution in [0.2, 0.25) is 0 Å². The molecule has 1 heterocycles. The number of hydrogen-bond donors (Lipinski definition) is 1. The van der Waals surface area contributed by atoms with E-state index in [1.807, 2.05) is 18.2 Å². The summed E-state index contributed by atoms with van der Waals surface area (Å²) in [5.41, 5.74) is 9.74. The van der Waals surface area contributed by atoms with Gasteiger partial charge in [0.1, 0.15) is 11.7 Å². The number of rotatable bonds is 2. The van der Waals surface area contributed by atoms with E-state index in [4.69, 9.17) is 12.3 Å². The number of nitrogens with two attached hydrogens (primary N) is 1. The maximum absolute atomic E-state index is 13.9. The van der Waals surface area contributed by atoms with Gasteiger partial charge in [-0.1, -0.05) is 30.3 Å². The minimum absolute atomic E-state index is 0.321. The molecule has 0 amide bonds. The van der Waals surface area contributed by atoms with Crippen LogP contribution in [0.4, 0.5) is 10.1 Å². The predicted molar refractivity (Wildman–Crippen MR) is 76.3 cm³/mol. The lowest BCUT2D eigenvalue weighted by molar-refractivity contribution is 0.615. The van der Waals surface area contributed by atoms with Crippen LogP contribution in [-0.4, -0.2) is 5.84 Å². The van der Waals surface area contributed by atoms with Crippen molar-refractivity contribution in [1.29, 1.82) is 0 Å². The Balaban J connectivity index is 1.88. The highest BCUT2D eigenvalue weighted by molar-refractivity contribution is 6.00. The first-order chi connectivity index (χ1) is 9.67. The van der Waals surface area contributed by atoms with Crippen LogP contribution in [0.1, 0.15) is 22.3 Å². The highest BCUT2D eigenvalue weighted by Gasteiger charge is 2.13. The maximum atomic E-state index is 13.9. The average molecular weight is 265 g/mol. The maximum Gasteiger partial charge on any atom is 0.190 e. The number of fused-ring (bicyclic) bond motifs is 1. The average Bonchev–Trinajstić information content (AvgIpc) is 2.82. The summed E-state index contributed by atoms with van der Waals surface area (Å²) in [6.07, 6.45) is 0.497. The van der Waals surface area contributed by atoms with Crippen molar-refractivity contribution in [1.82, 2.24) is 0 Å². The number of hydrogen-bond acceptors (Lipinski definition) is 2. The van der Waals surface area contributed by atoms with Gasteiger partial charge in [0.2, 0.25) is 0 Å². The molecule has 0 fully saturated rings. The Hall–Kier alpha value is -2.67. The third-order valence-corrected chi connectivity index (χ3v) is 3.43. The zero-order valence-corrected chi connectivity index (χ0v) is 10.7. The monoisotopic (exact) mass is 265 g/mol. The molecule has 0 bridgehead atoms. The van der Waals surface area contributed by atoms with Gasteiger partial charge in [-0.2, -0.15) is 0 Å². The second-order valence-electron chi connectivity index (χ2n) is 4.76.